The number of carbonyl (C=O) groups is 1. The van der Waals surface area contributed by atoms with Gasteiger partial charge in [0.05, 0.1) is 24.4 Å². The van der Waals surface area contributed by atoms with E-state index in [1.165, 1.54) is 0 Å². The van der Waals surface area contributed by atoms with Crippen LogP contribution < -0.4 is 4.90 Å². The Balaban J connectivity index is 2.17. The van der Waals surface area contributed by atoms with E-state index in [1.807, 2.05) is 12.1 Å². The summed E-state index contributed by atoms with van der Waals surface area (Å²) in [7, 11) is 0. The van der Waals surface area contributed by atoms with Crippen molar-refractivity contribution in [3.63, 3.8) is 0 Å². The van der Waals surface area contributed by atoms with Gasteiger partial charge in [0.25, 0.3) is 0 Å². The number of carbonyl (C=O) groups excluding carboxylic acids is 1. The number of piperidine rings is 1. The van der Waals surface area contributed by atoms with Gasteiger partial charge in [-0.15, -0.1) is 0 Å². The summed E-state index contributed by atoms with van der Waals surface area (Å²) in [5, 5.41) is 9.32. The number of anilines is 1. The maximum absolute atomic E-state index is 11.6. The first-order valence-electron chi connectivity index (χ1n) is 4.77. The van der Waals surface area contributed by atoms with Crippen molar-refractivity contribution in [3.8, 4) is 0 Å². The van der Waals surface area contributed by atoms with Gasteiger partial charge in [0.2, 0.25) is 5.91 Å². The van der Waals surface area contributed by atoms with Crippen LogP contribution in [0.4, 0.5) is 5.69 Å². The van der Waals surface area contributed by atoms with E-state index < -0.39 is 6.10 Å². The van der Waals surface area contributed by atoms with Crippen molar-refractivity contribution in [2.45, 2.75) is 18.9 Å². The maximum atomic E-state index is 11.6. The predicted molar refractivity (Wildman–Crippen MR) is 64.5 cm³/mol. The summed E-state index contributed by atoms with van der Waals surface area (Å²) in [6, 6.07) is 3.75. The topological polar surface area (TPSA) is 53.4 Å². The predicted octanol–water partition coefficient (Wildman–Crippen LogP) is 1.17. The van der Waals surface area contributed by atoms with Gasteiger partial charge in [-0.25, -0.2) is 4.98 Å². The number of aliphatic hydroxyl groups excluding tert-OH is 1. The van der Waals surface area contributed by atoms with E-state index in [0.29, 0.717) is 13.0 Å². The van der Waals surface area contributed by atoms with Crippen LogP contribution in [-0.4, -0.2) is 28.6 Å². The molecule has 2 rings (SSSR count). The summed E-state index contributed by atoms with van der Waals surface area (Å²) < 4.78 is 0.904. The fourth-order valence-corrected chi connectivity index (χ4v) is 1.94. The molecule has 1 aromatic heterocycles. The Morgan fingerprint density at radius 3 is 2.93 bits per heavy atom. The first kappa shape index (κ1) is 10.8. The van der Waals surface area contributed by atoms with Crippen molar-refractivity contribution in [1.82, 2.24) is 4.98 Å². The molecule has 1 atom stereocenters. The average Bonchev–Trinajstić information content (AvgIpc) is 2.20. The number of amides is 1. The van der Waals surface area contributed by atoms with Crippen molar-refractivity contribution >= 4 is 34.2 Å². The quantitative estimate of drug-likeness (QED) is 0.625. The molecular formula is C10H11IN2O2. The zero-order valence-corrected chi connectivity index (χ0v) is 10.2. The van der Waals surface area contributed by atoms with Crippen molar-refractivity contribution < 1.29 is 9.90 Å². The molecule has 1 N–H and O–H groups in total. The van der Waals surface area contributed by atoms with Gasteiger partial charge in [-0.3, -0.25) is 4.79 Å². The Kier molecular flexibility index (Phi) is 3.20. The average molecular weight is 318 g/mol. The molecule has 0 unspecified atom stereocenters. The second kappa shape index (κ2) is 4.44. The lowest BCUT2D eigenvalue weighted by atomic mass is 10.1. The molecule has 1 aromatic rings. The lowest BCUT2D eigenvalue weighted by Crippen LogP contribution is -2.40. The second-order valence-electron chi connectivity index (χ2n) is 3.53. The van der Waals surface area contributed by atoms with Gasteiger partial charge in [-0.05, 0) is 41.1 Å². The Morgan fingerprint density at radius 1 is 1.53 bits per heavy atom. The number of aliphatic hydroxyl groups is 1. The molecule has 1 aliphatic rings. The number of aromatic nitrogens is 1. The maximum Gasteiger partial charge on any atom is 0.229 e. The Labute approximate surface area is 101 Å². The molecule has 0 spiro atoms. The molecule has 0 aromatic carbocycles. The summed E-state index contributed by atoms with van der Waals surface area (Å²) in [5.74, 6) is -0.0308. The van der Waals surface area contributed by atoms with Crippen molar-refractivity contribution in [1.29, 1.82) is 0 Å². The van der Waals surface area contributed by atoms with Crippen molar-refractivity contribution in [2.24, 2.45) is 0 Å². The van der Waals surface area contributed by atoms with Crippen LogP contribution in [0.1, 0.15) is 12.8 Å². The molecule has 4 nitrogen and oxygen atoms in total. The number of hydrogen-bond donors (Lipinski definition) is 1. The Bertz CT molecular complexity index is 366. The SMILES string of the molecule is O=C1C[C@@H](O)CCN1c1ccc(I)nc1. The van der Waals surface area contributed by atoms with Gasteiger partial charge >= 0.3 is 0 Å². The van der Waals surface area contributed by atoms with Gasteiger partial charge in [-0.2, -0.15) is 0 Å². The summed E-state index contributed by atoms with van der Waals surface area (Å²) in [5.41, 5.74) is 0.812. The van der Waals surface area contributed by atoms with Crippen molar-refractivity contribution in [2.75, 3.05) is 11.4 Å². The molecule has 80 valence electrons. The van der Waals surface area contributed by atoms with E-state index in [9.17, 15) is 9.90 Å². The van der Waals surface area contributed by atoms with E-state index >= 15 is 0 Å². The molecule has 0 saturated carbocycles. The summed E-state index contributed by atoms with van der Waals surface area (Å²) >= 11 is 2.12. The highest BCUT2D eigenvalue weighted by Gasteiger charge is 2.25. The molecule has 5 heteroatoms. The fourth-order valence-electron chi connectivity index (χ4n) is 1.62. The monoisotopic (exact) mass is 318 g/mol. The Hall–Kier alpha value is -0.690. The van der Waals surface area contributed by atoms with E-state index in [1.54, 1.807) is 11.1 Å². The molecule has 1 fully saturated rings. The zero-order valence-electron chi connectivity index (χ0n) is 8.06. The highest BCUT2D eigenvalue weighted by atomic mass is 127. The zero-order chi connectivity index (χ0) is 10.8. The number of hydrogen-bond acceptors (Lipinski definition) is 3. The van der Waals surface area contributed by atoms with E-state index in [4.69, 9.17) is 0 Å². The third-order valence-corrected chi connectivity index (χ3v) is 3.06. The third kappa shape index (κ3) is 2.46. The van der Waals surface area contributed by atoms with Crippen LogP contribution in [0.15, 0.2) is 18.3 Å². The molecule has 0 radical (unpaired) electrons. The largest absolute Gasteiger partial charge is 0.393 e. The summed E-state index contributed by atoms with van der Waals surface area (Å²) in [6.07, 6.45) is 2.06. The molecule has 2 heterocycles. The minimum Gasteiger partial charge on any atom is -0.393 e. The third-order valence-electron chi connectivity index (χ3n) is 2.42. The van der Waals surface area contributed by atoms with Gasteiger partial charge in [-0.1, -0.05) is 0 Å². The molecule has 0 bridgehead atoms. The standard InChI is InChI=1S/C10H11IN2O2/c11-9-2-1-7(6-12-9)13-4-3-8(14)5-10(13)15/h1-2,6,8,14H,3-5H2/t8-/m0/s1. The normalized spacial score (nSPS) is 21.9. The highest BCUT2D eigenvalue weighted by Crippen LogP contribution is 2.20. The summed E-state index contributed by atoms with van der Waals surface area (Å²) in [4.78, 5) is 17.4. The molecular weight excluding hydrogens is 307 g/mol. The van der Waals surface area contributed by atoms with Crippen molar-refractivity contribution in [3.05, 3.63) is 22.0 Å². The van der Waals surface area contributed by atoms with Gasteiger partial charge < -0.3 is 10.0 Å². The van der Waals surface area contributed by atoms with E-state index in [0.717, 1.165) is 9.39 Å². The first-order valence-corrected chi connectivity index (χ1v) is 5.84. The van der Waals surface area contributed by atoms with Gasteiger partial charge in [0, 0.05) is 6.54 Å². The number of halogens is 1. The molecule has 1 saturated heterocycles. The highest BCUT2D eigenvalue weighted by molar-refractivity contribution is 14.1. The van der Waals surface area contributed by atoms with Crippen LogP contribution in [-0.2, 0) is 4.79 Å². The van der Waals surface area contributed by atoms with E-state index in [2.05, 4.69) is 27.6 Å². The van der Waals surface area contributed by atoms with Gasteiger partial charge in [0.1, 0.15) is 3.70 Å². The fraction of sp³-hybridized carbons (Fsp3) is 0.400. The molecule has 0 aliphatic carbocycles. The molecule has 1 aliphatic heterocycles. The van der Waals surface area contributed by atoms with Crippen LogP contribution in [0.5, 0.6) is 0 Å². The van der Waals surface area contributed by atoms with Crippen LogP contribution in [0.25, 0.3) is 0 Å². The van der Waals surface area contributed by atoms with Crippen LogP contribution in [0, 0.1) is 3.70 Å². The number of rotatable bonds is 1. The van der Waals surface area contributed by atoms with Crippen LogP contribution in [0.2, 0.25) is 0 Å². The first-order chi connectivity index (χ1) is 7.16. The van der Waals surface area contributed by atoms with Crippen LogP contribution in [0.3, 0.4) is 0 Å². The lowest BCUT2D eigenvalue weighted by molar-refractivity contribution is -0.122. The lowest BCUT2D eigenvalue weighted by Gasteiger charge is -2.29. The van der Waals surface area contributed by atoms with E-state index in [-0.39, 0.29) is 12.3 Å². The van der Waals surface area contributed by atoms with Gasteiger partial charge in [0.15, 0.2) is 0 Å². The van der Waals surface area contributed by atoms with Crippen LogP contribution >= 0.6 is 22.6 Å². The Morgan fingerprint density at radius 2 is 2.33 bits per heavy atom. The number of pyridine rings is 1. The molecule has 15 heavy (non-hydrogen) atoms. The summed E-state index contributed by atoms with van der Waals surface area (Å²) in [6.45, 7) is 0.572. The minimum absolute atomic E-state index is 0.0308. The number of nitrogens with zero attached hydrogens (tertiary/aromatic N) is 2. The minimum atomic E-state index is -0.481. The smallest absolute Gasteiger partial charge is 0.229 e. The second-order valence-corrected chi connectivity index (χ2v) is 4.64. The molecule has 1 amide bonds.